The summed E-state index contributed by atoms with van der Waals surface area (Å²) in [6, 6.07) is 0. The molecular weight excluding hydrogens is 228 g/mol. The first-order valence-electron chi connectivity index (χ1n) is 7.08. The minimum absolute atomic E-state index is 0.333. The first-order chi connectivity index (χ1) is 8.16. The SMILES string of the molecule is CC1CCC(C(C)C)C(C=CC2OCCS2)C1. The predicted molar refractivity (Wildman–Crippen MR) is 76.2 cm³/mol. The number of allylic oxidation sites excluding steroid dienone is 1. The Hall–Kier alpha value is 0.0500. The second-order valence-corrected chi connectivity index (χ2v) is 7.19. The average molecular weight is 254 g/mol. The Labute approximate surface area is 110 Å². The van der Waals surface area contributed by atoms with Gasteiger partial charge in [0, 0.05) is 5.75 Å². The molecule has 2 heteroatoms. The molecule has 2 rings (SSSR count). The largest absolute Gasteiger partial charge is 0.363 e. The van der Waals surface area contributed by atoms with Crippen molar-refractivity contribution in [2.24, 2.45) is 23.7 Å². The summed E-state index contributed by atoms with van der Waals surface area (Å²) < 4.78 is 5.64. The van der Waals surface area contributed by atoms with Crippen LogP contribution in [0.5, 0.6) is 0 Å². The zero-order valence-electron chi connectivity index (χ0n) is 11.4. The maximum absolute atomic E-state index is 5.64. The molecule has 0 aromatic heterocycles. The van der Waals surface area contributed by atoms with Crippen LogP contribution in [0.15, 0.2) is 12.2 Å². The van der Waals surface area contributed by atoms with Crippen LogP contribution < -0.4 is 0 Å². The topological polar surface area (TPSA) is 9.23 Å². The summed E-state index contributed by atoms with van der Waals surface area (Å²) in [7, 11) is 0. The van der Waals surface area contributed by atoms with E-state index < -0.39 is 0 Å². The summed E-state index contributed by atoms with van der Waals surface area (Å²) in [5, 5.41) is 0. The van der Waals surface area contributed by atoms with Crippen LogP contribution in [-0.4, -0.2) is 17.8 Å². The Morgan fingerprint density at radius 2 is 2.06 bits per heavy atom. The van der Waals surface area contributed by atoms with Gasteiger partial charge in [0.25, 0.3) is 0 Å². The smallest absolute Gasteiger partial charge is 0.121 e. The standard InChI is InChI=1S/C15H26OS/c1-11(2)14-6-4-12(3)10-13(14)5-7-15-16-8-9-17-15/h5,7,11-15H,4,6,8-10H2,1-3H3. The van der Waals surface area contributed by atoms with Crippen molar-refractivity contribution in [1.29, 1.82) is 0 Å². The van der Waals surface area contributed by atoms with Gasteiger partial charge >= 0.3 is 0 Å². The average Bonchev–Trinajstić information content (AvgIpc) is 2.78. The molecule has 0 aromatic rings. The summed E-state index contributed by atoms with van der Waals surface area (Å²) in [6.07, 6.45) is 8.98. The Balaban J connectivity index is 1.94. The molecule has 1 aliphatic carbocycles. The lowest BCUT2D eigenvalue weighted by atomic mass is 9.70. The Morgan fingerprint density at radius 1 is 1.24 bits per heavy atom. The lowest BCUT2D eigenvalue weighted by Crippen LogP contribution is -2.26. The van der Waals surface area contributed by atoms with Crippen molar-refractivity contribution in [2.45, 2.75) is 45.5 Å². The van der Waals surface area contributed by atoms with Gasteiger partial charge in [0.1, 0.15) is 5.44 Å². The molecule has 2 fully saturated rings. The molecule has 0 bridgehead atoms. The molecule has 17 heavy (non-hydrogen) atoms. The molecule has 1 aliphatic heterocycles. The van der Waals surface area contributed by atoms with E-state index in [2.05, 4.69) is 32.9 Å². The second kappa shape index (κ2) is 6.29. The number of thioether (sulfide) groups is 1. The van der Waals surface area contributed by atoms with Crippen LogP contribution in [0.1, 0.15) is 40.0 Å². The zero-order valence-corrected chi connectivity index (χ0v) is 12.2. The fourth-order valence-electron chi connectivity index (χ4n) is 3.22. The van der Waals surface area contributed by atoms with E-state index in [1.54, 1.807) is 0 Å². The van der Waals surface area contributed by atoms with Crippen LogP contribution in [0.25, 0.3) is 0 Å². The molecule has 1 saturated carbocycles. The van der Waals surface area contributed by atoms with Gasteiger partial charge in [-0.25, -0.2) is 0 Å². The molecule has 0 amide bonds. The van der Waals surface area contributed by atoms with Crippen LogP contribution in [0.3, 0.4) is 0 Å². The van der Waals surface area contributed by atoms with E-state index >= 15 is 0 Å². The molecule has 0 spiro atoms. The Kier molecular flexibility index (Phi) is 4.98. The third-order valence-electron chi connectivity index (χ3n) is 4.24. The molecule has 1 nitrogen and oxygen atoms in total. The fraction of sp³-hybridized carbons (Fsp3) is 0.867. The van der Waals surface area contributed by atoms with Gasteiger partial charge in [0.2, 0.25) is 0 Å². The van der Waals surface area contributed by atoms with E-state index in [1.165, 1.54) is 19.3 Å². The zero-order chi connectivity index (χ0) is 12.3. The monoisotopic (exact) mass is 254 g/mol. The Morgan fingerprint density at radius 3 is 2.71 bits per heavy atom. The minimum Gasteiger partial charge on any atom is -0.363 e. The van der Waals surface area contributed by atoms with E-state index in [1.807, 2.05) is 11.8 Å². The molecule has 1 heterocycles. The van der Waals surface area contributed by atoms with Crippen molar-refractivity contribution in [3.8, 4) is 0 Å². The lowest BCUT2D eigenvalue weighted by Gasteiger charge is -2.36. The van der Waals surface area contributed by atoms with Crippen molar-refractivity contribution in [3.05, 3.63) is 12.2 Å². The third-order valence-corrected chi connectivity index (χ3v) is 5.26. The molecule has 2 aliphatic rings. The summed E-state index contributed by atoms with van der Waals surface area (Å²) in [4.78, 5) is 0. The normalized spacial score (nSPS) is 39.3. The molecule has 98 valence electrons. The molecule has 1 saturated heterocycles. The van der Waals surface area contributed by atoms with E-state index in [0.717, 1.165) is 36.0 Å². The number of rotatable bonds is 3. The van der Waals surface area contributed by atoms with Crippen LogP contribution >= 0.6 is 11.8 Å². The van der Waals surface area contributed by atoms with Crippen molar-refractivity contribution in [3.63, 3.8) is 0 Å². The highest BCUT2D eigenvalue weighted by Crippen LogP contribution is 2.39. The molecule has 4 unspecified atom stereocenters. The number of hydrogen-bond donors (Lipinski definition) is 0. The molecular formula is C15H26OS. The van der Waals surface area contributed by atoms with Crippen molar-refractivity contribution in [1.82, 2.24) is 0 Å². The maximum Gasteiger partial charge on any atom is 0.121 e. The number of ether oxygens (including phenoxy) is 1. The summed E-state index contributed by atoms with van der Waals surface area (Å²) in [6.45, 7) is 8.08. The van der Waals surface area contributed by atoms with Crippen molar-refractivity contribution < 1.29 is 4.74 Å². The van der Waals surface area contributed by atoms with Crippen molar-refractivity contribution >= 4 is 11.8 Å². The summed E-state index contributed by atoms with van der Waals surface area (Å²) in [5.41, 5.74) is 0.333. The molecule has 0 radical (unpaired) electrons. The van der Waals surface area contributed by atoms with E-state index in [-0.39, 0.29) is 0 Å². The molecule has 4 atom stereocenters. The second-order valence-electron chi connectivity index (χ2n) is 5.98. The van der Waals surface area contributed by atoms with Crippen molar-refractivity contribution in [2.75, 3.05) is 12.4 Å². The fourth-order valence-corrected chi connectivity index (χ4v) is 4.04. The highest BCUT2D eigenvalue weighted by Gasteiger charge is 2.29. The van der Waals surface area contributed by atoms with Crippen LogP contribution in [-0.2, 0) is 4.74 Å². The van der Waals surface area contributed by atoms with E-state index in [9.17, 15) is 0 Å². The van der Waals surface area contributed by atoms with Gasteiger partial charge < -0.3 is 4.74 Å². The quantitative estimate of drug-likeness (QED) is 0.693. The first kappa shape index (κ1) is 13.5. The van der Waals surface area contributed by atoms with Crippen LogP contribution in [0, 0.1) is 23.7 Å². The van der Waals surface area contributed by atoms with Gasteiger partial charge in [0.15, 0.2) is 0 Å². The lowest BCUT2D eigenvalue weighted by molar-refractivity contribution is 0.165. The first-order valence-corrected chi connectivity index (χ1v) is 8.13. The maximum atomic E-state index is 5.64. The highest BCUT2D eigenvalue weighted by molar-refractivity contribution is 8.00. The van der Waals surface area contributed by atoms with Gasteiger partial charge in [0.05, 0.1) is 6.61 Å². The molecule has 0 aromatic carbocycles. The Bertz CT molecular complexity index is 256. The van der Waals surface area contributed by atoms with Gasteiger partial charge in [-0.3, -0.25) is 0 Å². The van der Waals surface area contributed by atoms with Crippen LogP contribution in [0.4, 0.5) is 0 Å². The third kappa shape index (κ3) is 3.75. The summed E-state index contributed by atoms with van der Waals surface area (Å²) >= 11 is 1.93. The van der Waals surface area contributed by atoms with Gasteiger partial charge in [-0.2, -0.15) is 0 Å². The van der Waals surface area contributed by atoms with E-state index in [0.29, 0.717) is 5.44 Å². The van der Waals surface area contributed by atoms with Gasteiger partial charge in [-0.05, 0) is 42.6 Å². The van der Waals surface area contributed by atoms with Crippen LogP contribution in [0.2, 0.25) is 0 Å². The van der Waals surface area contributed by atoms with Gasteiger partial charge in [-0.1, -0.05) is 33.3 Å². The van der Waals surface area contributed by atoms with Gasteiger partial charge in [-0.15, -0.1) is 11.8 Å². The number of hydrogen-bond acceptors (Lipinski definition) is 2. The minimum atomic E-state index is 0.333. The highest BCUT2D eigenvalue weighted by atomic mass is 32.2. The molecule has 0 N–H and O–H groups in total. The summed E-state index contributed by atoms with van der Waals surface area (Å²) in [5.74, 6) is 4.53. The predicted octanol–water partition coefficient (Wildman–Crippen LogP) is 4.34. The van der Waals surface area contributed by atoms with E-state index in [4.69, 9.17) is 4.74 Å².